The molecular formula is C11H16N4O2. The second-order valence-electron chi connectivity index (χ2n) is 3.89. The van der Waals surface area contributed by atoms with Crippen LogP contribution in [0.15, 0.2) is 18.5 Å². The van der Waals surface area contributed by atoms with Gasteiger partial charge in [-0.15, -0.1) is 0 Å². The molecule has 1 aromatic heterocycles. The molecule has 1 fully saturated rings. The molecule has 1 aliphatic rings. The van der Waals surface area contributed by atoms with E-state index >= 15 is 0 Å². The number of hydrogen-bond acceptors (Lipinski definition) is 6. The summed E-state index contributed by atoms with van der Waals surface area (Å²) in [6.07, 6.45) is 3.48. The van der Waals surface area contributed by atoms with Crippen molar-refractivity contribution in [3.05, 3.63) is 18.5 Å². The van der Waals surface area contributed by atoms with E-state index in [4.69, 9.17) is 0 Å². The fourth-order valence-corrected chi connectivity index (χ4v) is 1.81. The van der Waals surface area contributed by atoms with Crippen LogP contribution in [-0.2, 0) is 9.53 Å². The average molecular weight is 236 g/mol. The van der Waals surface area contributed by atoms with E-state index in [1.165, 1.54) is 7.11 Å². The van der Waals surface area contributed by atoms with E-state index in [2.05, 4.69) is 24.5 Å². The lowest BCUT2D eigenvalue weighted by atomic mass is 10.3. The lowest BCUT2D eigenvalue weighted by Gasteiger charge is -2.33. The third kappa shape index (κ3) is 3.13. The molecule has 6 heteroatoms. The van der Waals surface area contributed by atoms with E-state index in [1.54, 1.807) is 18.5 Å². The zero-order valence-corrected chi connectivity index (χ0v) is 9.87. The normalized spacial score (nSPS) is 16.9. The number of carbonyl (C=O) groups is 1. The molecule has 1 aliphatic heterocycles. The summed E-state index contributed by atoms with van der Waals surface area (Å²) < 4.78 is 4.65. The van der Waals surface area contributed by atoms with Crippen molar-refractivity contribution in [1.29, 1.82) is 0 Å². The number of aromatic nitrogens is 2. The van der Waals surface area contributed by atoms with Gasteiger partial charge in [0, 0.05) is 38.6 Å². The van der Waals surface area contributed by atoms with Crippen molar-refractivity contribution >= 4 is 11.9 Å². The number of methoxy groups -OCH3 is 1. The van der Waals surface area contributed by atoms with Crippen molar-refractivity contribution in [1.82, 2.24) is 14.9 Å². The highest BCUT2D eigenvalue weighted by Gasteiger charge is 2.20. The highest BCUT2D eigenvalue weighted by molar-refractivity contribution is 5.71. The lowest BCUT2D eigenvalue weighted by molar-refractivity contribution is -0.142. The number of hydrogen-bond donors (Lipinski definition) is 0. The van der Waals surface area contributed by atoms with Crippen LogP contribution in [0.3, 0.4) is 0 Å². The molecule has 2 heterocycles. The minimum atomic E-state index is -0.186. The number of rotatable bonds is 3. The van der Waals surface area contributed by atoms with Crippen LogP contribution >= 0.6 is 0 Å². The predicted molar refractivity (Wildman–Crippen MR) is 62.7 cm³/mol. The largest absolute Gasteiger partial charge is 0.468 e. The average Bonchev–Trinajstić information content (AvgIpc) is 2.40. The second kappa shape index (κ2) is 5.58. The quantitative estimate of drug-likeness (QED) is 0.676. The summed E-state index contributed by atoms with van der Waals surface area (Å²) in [6, 6.07) is 1.80. The van der Waals surface area contributed by atoms with Crippen LogP contribution in [0.4, 0.5) is 5.95 Å². The van der Waals surface area contributed by atoms with Gasteiger partial charge < -0.3 is 9.64 Å². The minimum Gasteiger partial charge on any atom is -0.468 e. The Balaban J connectivity index is 1.84. The second-order valence-corrected chi connectivity index (χ2v) is 3.89. The Labute approximate surface area is 100 Å². The summed E-state index contributed by atoms with van der Waals surface area (Å²) in [5.74, 6) is 0.569. The maximum atomic E-state index is 11.1. The number of anilines is 1. The first-order valence-electron chi connectivity index (χ1n) is 5.61. The van der Waals surface area contributed by atoms with Crippen molar-refractivity contribution in [3.63, 3.8) is 0 Å². The Bertz CT molecular complexity index is 363. The van der Waals surface area contributed by atoms with E-state index in [9.17, 15) is 4.79 Å². The fraction of sp³-hybridized carbons (Fsp3) is 0.545. The molecule has 0 aliphatic carbocycles. The van der Waals surface area contributed by atoms with Crippen molar-refractivity contribution in [2.75, 3.05) is 44.7 Å². The van der Waals surface area contributed by atoms with E-state index in [-0.39, 0.29) is 5.97 Å². The van der Waals surface area contributed by atoms with E-state index < -0.39 is 0 Å². The van der Waals surface area contributed by atoms with E-state index in [0.29, 0.717) is 6.54 Å². The SMILES string of the molecule is COC(=O)CN1CCN(c2ncccn2)CC1. The molecule has 1 aromatic rings. The van der Waals surface area contributed by atoms with Gasteiger partial charge in [-0.05, 0) is 6.07 Å². The maximum absolute atomic E-state index is 11.1. The molecule has 0 bridgehead atoms. The summed E-state index contributed by atoms with van der Waals surface area (Å²) in [5.41, 5.74) is 0. The first-order valence-corrected chi connectivity index (χ1v) is 5.61. The summed E-state index contributed by atoms with van der Waals surface area (Å²) in [7, 11) is 1.41. The molecule has 0 radical (unpaired) electrons. The molecular weight excluding hydrogens is 220 g/mol. The third-order valence-electron chi connectivity index (χ3n) is 2.79. The lowest BCUT2D eigenvalue weighted by Crippen LogP contribution is -2.48. The highest BCUT2D eigenvalue weighted by atomic mass is 16.5. The Morgan fingerprint density at radius 1 is 1.29 bits per heavy atom. The molecule has 1 saturated heterocycles. The first-order chi connectivity index (χ1) is 8.29. The smallest absolute Gasteiger partial charge is 0.319 e. The Hall–Kier alpha value is -1.69. The molecule has 0 aromatic carbocycles. The van der Waals surface area contributed by atoms with Gasteiger partial charge in [0.15, 0.2) is 0 Å². The van der Waals surface area contributed by atoms with Crippen LogP contribution in [0.25, 0.3) is 0 Å². The first kappa shape index (κ1) is 11.8. The topological polar surface area (TPSA) is 58.6 Å². The van der Waals surface area contributed by atoms with Gasteiger partial charge in [-0.2, -0.15) is 0 Å². The summed E-state index contributed by atoms with van der Waals surface area (Å²) in [4.78, 5) is 23.7. The van der Waals surface area contributed by atoms with Crippen LogP contribution in [0.5, 0.6) is 0 Å². The Morgan fingerprint density at radius 3 is 2.53 bits per heavy atom. The molecule has 2 rings (SSSR count). The molecule has 0 atom stereocenters. The van der Waals surface area contributed by atoms with Crippen molar-refractivity contribution in [2.24, 2.45) is 0 Å². The zero-order valence-electron chi connectivity index (χ0n) is 9.87. The van der Waals surface area contributed by atoms with E-state index in [0.717, 1.165) is 32.1 Å². The van der Waals surface area contributed by atoms with E-state index in [1.807, 2.05) is 0 Å². The van der Waals surface area contributed by atoms with Crippen LogP contribution in [-0.4, -0.2) is 60.7 Å². The molecule has 6 nitrogen and oxygen atoms in total. The molecule has 92 valence electrons. The molecule has 0 spiro atoms. The van der Waals surface area contributed by atoms with Crippen molar-refractivity contribution in [3.8, 4) is 0 Å². The van der Waals surface area contributed by atoms with Crippen molar-refractivity contribution < 1.29 is 9.53 Å². The summed E-state index contributed by atoms with van der Waals surface area (Å²) in [6.45, 7) is 3.68. The zero-order chi connectivity index (χ0) is 12.1. The number of piperazine rings is 1. The number of nitrogens with zero attached hydrogens (tertiary/aromatic N) is 4. The van der Waals surface area contributed by atoms with Gasteiger partial charge in [0.2, 0.25) is 5.95 Å². The van der Waals surface area contributed by atoms with Gasteiger partial charge in [0.1, 0.15) is 0 Å². The maximum Gasteiger partial charge on any atom is 0.319 e. The van der Waals surface area contributed by atoms with Crippen molar-refractivity contribution in [2.45, 2.75) is 0 Å². The Morgan fingerprint density at radius 2 is 1.94 bits per heavy atom. The third-order valence-corrected chi connectivity index (χ3v) is 2.79. The monoisotopic (exact) mass is 236 g/mol. The summed E-state index contributed by atoms with van der Waals surface area (Å²) >= 11 is 0. The van der Waals surface area contributed by atoms with Crippen LogP contribution < -0.4 is 4.90 Å². The van der Waals surface area contributed by atoms with Crippen LogP contribution in [0.2, 0.25) is 0 Å². The molecule has 0 N–H and O–H groups in total. The van der Waals surface area contributed by atoms with Crippen LogP contribution in [0, 0.1) is 0 Å². The number of esters is 1. The molecule has 0 amide bonds. The van der Waals surface area contributed by atoms with Gasteiger partial charge in [-0.1, -0.05) is 0 Å². The van der Waals surface area contributed by atoms with Gasteiger partial charge in [-0.3, -0.25) is 9.69 Å². The number of carbonyl (C=O) groups excluding carboxylic acids is 1. The molecule has 0 unspecified atom stereocenters. The van der Waals surface area contributed by atoms with Gasteiger partial charge in [-0.25, -0.2) is 9.97 Å². The van der Waals surface area contributed by atoms with Crippen LogP contribution in [0.1, 0.15) is 0 Å². The number of ether oxygens (including phenoxy) is 1. The standard InChI is InChI=1S/C11H16N4O2/c1-17-10(16)9-14-5-7-15(8-6-14)11-12-3-2-4-13-11/h2-4H,5-9H2,1H3. The minimum absolute atomic E-state index is 0.186. The van der Waals surface area contributed by atoms with Gasteiger partial charge in [0.25, 0.3) is 0 Å². The highest BCUT2D eigenvalue weighted by Crippen LogP contribution is 2.09. The molecule has 17 heavy (non-hydrogen) atoms. The summed E-state index contributed by atoms with van der Waals surface area (Å²) in [5, 5.41) is 0. The fourth-order valence-electron chi connectivity index (χ4n) is 1.81. The predicted octanol–water partition coefficient (Wildman–Crippen LogP) is -0.228. The molecule has 0 saturated carbocycles. The van der Waals surface area contributed by atoms with Gasteiger partial charge >= 0.3 is 5.97 Å². The Kier molecular flexibility index (Phi) is 3.87. The van der Waals surface area contributed by atoms with Gasteiger partial charge in [0.05, 0.1) is 13.7 Å².